The first-order valence-electron chi connectivity index (χ1n) is 8.52. The Morgan fingerprint density at radius 3 is 2.14 bits per heavy atom. The molecule has 1 N–H and O–H groups in total. The van der Waals surface area contributed by atoms with Crippen LogP contribution in [0.4, 0.5) is 0 Å². The molecule has 0 bridgehead atoms. The lowest BCUT2D eigenvalue weighted by Gasteiger charge is -2.34. The molecule has 0 spiro atoms. The maximum atomic E-state index is 3.74. The van der Waals surface area contributed by atoms with Gasteiger partial charge in [-0.3, -0.25) is 0 Å². The van der Waals surface area contributed by atoms with Crippen LogP contribution >= 0.6 is 0 Å². The monoisotopic (exact) mass is 290 g/mol. The van der Waals surface area contributed by atoms with Crippen LogP contribution in [0.25, 0.3) is 0 Å². The number of nitrogens with one attached hydrogen (secondary N) is 1. The van der Waals surface area contributed by atoms with Crippen LogP contribution in [0.3, 0.4) is 0 Å². The zero-order valence-corrected chi connectivity index (χ0v) is 14.8. The fraction of sp³-hybridized carbons (Fsp3) is 0.684. The minimum absolute atomic E-state index is 0.402. The van der Waals surface area contributed by atoms with E-state index < -0.39 is 0 Å². The van der Waals surface area contributed by atoms with Gasteiger partial charge in [0.25, 0.3) is 0 Å². The molecule has 1 aromatic rings. The Labute approximate surface area is 131 Å². The van der Waals surface area contributed by atoms with Crippen molar-refractivity contribution in [2.75, 3.05) is 20.1 Å². The van der Waals surface area contributed by atoms with E-state index in [9.17, 15) is 0 Å². The number of likely N-dealkylation sites (N-methyl/N-ethyl adjacent to an activating group) is 1. The minimum atomic E-state index is 0.402. The van der Waals surface area contributed by atoms with E-state index in [0.717, 1.165) is 19.5 Å². The quantitative estimate of drug-likeness (QED) is 0.731. The predicted molar refractivity (Wildman–Crippen MR) is 93.8 cm³/mol. The van der Waals surface area contributed by atoms with Gasteiger partial charge in [-0.1, -0.05) is 52.0 Å². The van der Waals surface area contributed by atoms with E-state index in [-0.39, 0.29) is 0 Å². The molecule has 0 saturated heterocycles. The second kappa shape index (κ2) is 9.22. The molecule has 0 aliphatic rings. The van der Waals surface area contributed by atoms with E-state index in [2.05, 4.69) is 76.1 Å². The van der Waals surface area contributed by atoms with Gasteiger partial charge in [0.05, 0.1) is 0 Å². The van der Waals surface area contributed by atoms with E-state index >= 15 is 0 Å². The van der Waals surface area contributed by atoms with Gasteiger partial charge in [0.15, 0.2) is 0 Å². The third kappa shape index (κ3) is 5.80. The van der Waals surface area contributed by atoms with Crippen molar-refractivity contribution in [3.8, 4) is 0 Å². The summed E-state index contributed by atoms with van der Waals surface area (Å²) in [5.74, 6) is 0.701. The highest BCUT2D eigenvalue weighted by Crippen LogP contribution is 2.22. The van der Waals surface area contributed by atoms with Gasteiger partial charge in [-0.05, 0) is 50.4 Å². The van der Waals surface area contributed by atoms with Gasteiger partial charge < -0.3 is 10.2 Å². The fourth-order valence-corrected chi connectivity index (χ4v) is 2.82. The van der Waals surface area contributed by atoms with E-state index in [0.29, 0.717) is 18.0 Å². The molecule has 0 aliphatic carbocycles. The molecular formula is C19H34N2. The summed E-state index contributed by atoms with van der Waals surface area (Å²) in [5, 5.41) is 3.74. The molecule has 2 heteroatoms. The molecule has 1 rings (SSSR count). The van der Waals surface area contributed by atoms with Crippen LogP contribution in [0.15, 0.2) is 24.3 Å². The lowest BCUT2D eigenvalue weighted by atomic mass is 9.97. The van der Waals surface area contributed by atoms with Crippen molar-refractivity contribution >= 4 is 0 Å². The number of nitrogens with zero attached hydrogens (tertiary/aromatic N) is 1. The highest BCUT2D eigenvalue weighted by Gasteiger charge is 2.22. The van der Waals surface area contributed by atoms with E-state index in [4.69, 9.17) is 0 Å². The zero-order valence-electron chi connectivity index (χ0n) is 14.8. The third-order valence-corrected chi connectivity index (χ3v) is 4.19. The second-order valence-corrected chi connectivity index (χ2v) is 6.60. The summed E-state index contributed by atoms with van der Waals surface area (Å²) in [6.45, 7) is 13.6. The van der Waals surface area contributed by atoms with Gasteiger partial charge in [0.1, 0.15) is 0 Å². The maximum absolute atomic E-state index is 3.74. The van der Waals surface area contributed by atoms with Crippen molar-refractivity contribution < 1.29 is 0 Å². The molecule has 2 unspecified atom stereocenters. The molecule has 0 aliphatic heterocycles. The molecule has 120 valence electrons. The highest BCUT2D eigenvalue weighted by molar-refractivity contribution is 5.26. The van der Waals surface area contributed by atoms with Gasteiger partial charge in [-0.15, -0.1) is 0 Å². The number of aryl methyl sites for hydroxylation is 1. The maximum Gasteiger partial charge on any atom is 0.0475 e. The highest BCUT2D eigenvalue weighted by atomic mass is 15.2. The van der Waals surface area contributed by atoms with Crippen LogP contribution in [0, 0.1) is 5.92 Å². The molecule has 0 aromatic heterocycles. The number of hydrogen-bond donors (Lipinski definition) is 1. The van der Waals surface area contributed by atoms with E-state index in [1.807, 2.05) is 0 Å². The fourth-order valence-electron chi connectivity index (χ4n) is 2.82. The number of hydrogen-bond acceptors (Lipinski definition) is 2. The Morgan fingerprint density at radius 2 is 1.67 bits per heavy atom. The van der Waals surface area contributed by atoms with Gasteiger partial charge in [-0.2, -0.15) is 0 Å². The summed E-state index contributed by atoms with van der Waals surface area (Å²) >= 11 is 0. The molecule has 1 aromatic carbocycles. The SMILES string of the molecule is CCCNC(c1ccc(CC)cc1)C(C)N(C)CC(C)C. The van der Waals surface area contributed by atoms with Crippen molar-refractivity contribution in [2.45, 2.75) is 59.5 Å². The number of benzene rings is 1. The van der Waals surface area contributed by atoms with Gasteiger partial charge >= 0.3 is 0 Å². The van der Waals surface area contributed by atoms with Gasteiger partial charge in [-0.25, -0.2) is 0 Å². The summed E-state index contributed by atoms with van der Waals surface area (Å²) in [5.41, 5.74) is 2.82. The first-order chi connectivity index (χ1) is 9.99. The summed E-state index contributed by atoms with van der Waals surface area (Å²) < 4.78 is 0. The van der Waals surface area contributed by atoms with Crippen molar-refractivity contribution in [3.05, 3.63) is 35.4 Å². The summed E-state index contributed by atoms with van der Waals surface area (Å²) in [6, 6.07) is 10.0. The van der Waals surface area contributed by atoms with E-state index in [1.165, 1.54) is 17.5 Å². The Balaban J connectivity index is 2.86. The average molecular weight is 290 g/mol. The summed E-state index contributed by atoms with van der Waals surface area (Å²) in [7, 11) is 2.24. The standard InChI is InChI=1S/C19H34N2/c1-7-13-20-19(16(5)21(6)14-15(3)4)18-11-9-17(8-2)10-12-18/h9-12,15-16,19-20H,7-8,13-14H2,1-6H3. The normalized spacial score (nSPS) is 14.7. The van der Waals surface area contributed by atoms with Crippen molar-refractivity contribution in [2.24, 2.45) is 5.92 Å². The van der Waals surface area contributed by atoms with Crippen molar-refractivity contribution in [1.29, 1.82) is 0 Å². The third-order valence-electron chi connectivity index (χ3n) is 4.19. The Bertz CT molecular complexity index is 383. The summed E-state index contributed by atoms with van der Waals surface area (Å²) in [4.78, 5) is 2.48. The minimum Gasteiger partial charge on any atom is -0.309 e. The lowest BCUT2D eigenvalue weighted by Crippen LogP contribution is -2.42. The molecule has 0 heterocycles. The van der Waals surface area contributed by atoms with Crippen LogP contribution in [-0.2, 0) is 6.42 Å². The Hall–Kier alpha value is -0.860. The van der Waals surface area contributed by atoms with Crippen LogP contribution in [-0.4, -0.2) is 31.1 Å². The lowest BCUT2D eigenvalue weighted by molar-refractivity contribution is 0.187. The molecular weight excluding hydrogens is 256 g/mol. The smallest absolute Gasteiger partial charge is 0.0475 e. The number of rotatable bonds is 9. The average Bonchev–Trinajstić information content (AvgIpc) is 2.47. The van der Waals surface area contributed by atoms with Crippen LogP contribution in [0.2, 0.25) is 0 Å². The van der Waals surface area contributed by atoms with Crippen molar-refractivity contribution in [3.63, 3.8) is 0 Å². The molecule has 0 saturated carbocycles. The van der Waals surface area contributed by atoms with Crippen LogP contribution in [0.5, 0.6) is 0 Å². The molecule has 2 nitrogen and oxygen atoms in total. The van der Waals surface area contributed by atoms with Crippen LogP contribution in [0.1, 0.15) is 58.2 Å². The molecule has 21 heavy (non-hydrogen) atoms. The van der Waals surface area contributed by atoms with Gasteiger partial charge in [0, 0.05) is 18.6 Å². The predicted octanol–water partition coefficient (Wildman–Crippen LogP) is 4.27. The van der Waals surface area contributed by atoms with Crippen molar-refractivity contribution in [1.82, 2.24) is 10.2 Å². The molecule has 0 fully saturated rings. The first kappa shape index (κ1) is 18.2. The topological polar surface area (TPSA) is 15.3 Å². The van der Waals surface area contributed by atoms with Gasteiger partial charge in [0.2, 0.25) is 0 Å². The van der Waals surface area contributed by atoms with E-state index in [1.54, 1.807) is 0 Å². The molecule has 2 atom stereocenters. The summed E-state index contributed by atoms with van der Waals surface area (Å²) in [6.07, 6.45) is 2.28. The first-order valence-corrected chi connectivity index (χ1v) is 8.52. The molecule has 0 amide bonds. The second-order valence-electron chi connectivity index (χ2n) is 6.60. The van der Waals surface area contributed by atoms with Crippen LogP contribution < -0.4 is 5.32 Å². The zero-order chi connectivity index (χ0) is 15.8. The Morgan fingerprint density at radius 1 is 1.05 bits per heavy atom. The molecule has 0 radical (unpaired) electrons. The largest absolute Gasteiger partial charge is 0.309 e. The Kier molecular flexibility index (Phi) is 7.98.